The molecule has 122 valence electrons. The summed E-state index contributed by atoms with van der Waals surface area (Å²) in [4.78, 5) is 11.6. The predicted molar refractivity (Wildman–Crippen MR) is 92.2 cm³/mol. The maximum absolute atomic E-state index is 11.6. The molecule has 24 heavy (non-hydrogen) atoms. The Labute approximate surface area is 140 Å². The van der Waals surface area contributed by atoms with Crippen LogP contribution >= 0.6 is 0 Å². The van der Waals surface area contributed by atoms with Gasteiger partial charge in [-0.05, 0) is 36.2 Å². The Balaban J connectivity index is 2.15. The van der Waals surface area contributed by atoms with E-state index in [1.165, 1.54) is 0 Å². The van der Waals surface area contributed by atoms with E-state index < -0.39 is 5.97 Å². The van der Waals surface area contributed by atoms with Crippen molar-refractivity contribution >= 4 is 16.9 Å². The van der Waals surface area contributed by atoms with E-state index in [4.69, 9.17) is 4.74 Å². The molecule has 3 aromatic rings. The lowest BCUT2D eigenvalue weighted by atomic mass is 10.1. The molecule has 4 heteroatoms. The van der Waals surface area contributed by atoms with Crippen molar-refractivity contribution < 1.29 is 14.6 Å². The fraction of sp³-hybridized carbons (Fsp3) is 0.150. The number of hydrogen-bond acceptors (Lipinski definition) is 3. The number of aromatic nitrogens is 1. The summed E-state index contributed by atoms with van der Waals surface area (Å²) in [7, 11) is 0. The number of benzene rings is 2. The summed E-state index contributed by atoms with van der Waals surface area (Å²) in [5.74, 6) is -0.562. The molecule has 0 spiro atoms. The third-order valence-corrected chi connectivity index (χ3v) is 4.06. The highest BCUT2D eigenvalue weighted by Crippen LogP contribution is 2.30. The summed E-state index contributed by atoms with van der Waals surface area (Å²) in [6.07, 6.45) is 1.66. The lowest BCUT2D eigenvalue weighted by Crippen LogP contribution is -2.25. The molecule has 0 bridgehead atoms. The third-order valence-electron chi connectivity index (χ3n) is 4.06. The maximum Gasteiger partial charge on any atom is 0.129 e. The monoisotopic (exact) mass is 320 g/mol. The Kier molecular flexibility index (Phi) is 4.38. The zero-order valence-corrected chi connectivity index (χ0v) is 13.5. The van der Waals surface area contributed by atoms with Crippen LogP contribution in [-0.2, 0) is 6.54 Å². The molecule has 0 amide bonds. The van der Waals surface area contributed by atoms with Gasteiger partial charge in [0.2, 0.25) is 0 Å². The summed E-state index contributed by atoms with van der Waals surface area (Å²) >= 11 is 0. The zero-order chi connectivity index (χ0) is 17.1. The summed E-state index contributed by atoms with van der Waals surface area (Å²) < 4.78 is 7.40. The molecule has 3 rings (SSSR count). The molecule has 0 aliphatic heterocycles. The van der Waals surface area contributed by atoms with Crippen LogP contribution in [0.3, 0.4) is 0 Å². The van der Waals surface area contributed by atoms with Crippen molar-refractivity contribution in [2.24, 2.45) is 0 Å². The smallest absolute Gasteiger partial charge is 0.129 e. The molecule has 0 atom stereocenters. The minimum absolute atomic E-state index is 0.142. The van der Waals surface area contributed by atoms with Crippen LogP contribution in [0.15, 0.2) is 61.2 Å². The highest BCUT2D eigenvalue weighted by molar-refractivity contribution is 5.96. The Bertz CT molecular complexity index is 908. The predicted octanol–water partition coefficient (Wildman–Crippen LogP) is 2.93. The first kappa shape index (κ1) is 15.9. The van der Waals surface area contributed by atoms with Crippen LogP contribution in [-0.4, -0.2) is 17.1 Å². The molecule has 0 radical (unpaired) electrons. The van der Waals surface area contributed by atoms with E-state index in [1.54, 1.807) is 16.7 Å². The summed E-state index contributed by atoms with van der Waals surface area (Å²) in [5, 5.41) is 12.4. The fourth-order valence-corrected chi connectivity index (χ4v) is 2.83. The van der Waals surface area contributed by atoms with Crippen LogP contribution in [0.4, 0.5) is 0 Å². The highest BCUT2D eigenvalue weighted by Gasteiger charge is 2.14. The number of nitrogens with zero attached hydrogens (tertiary/aromatic N) is 1. The first-order chi connectivity index (χ1) is 11.6. The SMILES string of the molecule is C=CCOc1cccc2c1cc(C(=O)[O-])n2Cc1ccccc1C. The number of carbonyl (C=O) groups is 1. The number of carbonyl (C=O) groups excluding carboxylic acids is 1. The molecule has 1 heterocycles. The summed E-state index contributed by atoms with van der Waals surface area (Å²) in [6, 6.07) is 15.1. The lowest BCUT2D eigenvalue weighted by molar-refractivity contribution is -0.255. The number of carboxylic acids is 1. The second-order valence-corrected chi connectivity index (χ2v) is 5.62. The Hall–Kier alpha value is -3.01. The molecule has 0 aliphatic rings. The van der Waals surface area contributed by atoms with Gasteiger partial charge in [-0.25, -0.2) is 0 Å². The Morgan fingerprint density at radius 1 is 1.25 bits per heavy atom. The highest BCUT2D eigenvalue weighted by atomic mass is 16.5. The summed E-state index contributed by atoms with van der Waals surface area (Å²) in [5.41, 5.74) is 3.12. The molecule has 0 saturated heterocycles. The van der Waals surface area contributed by atoms with Crippen molar-refractivity contribution in [3.63, 3.8) is 0 Å². The van der Waals surface area contributed by atoms with E-state index in [-0.39, 0.29) is 5.69 Å². The van der Waals surface area contributed by atoms with Crippen molar-refractivity contribution in [2.45, 2.75) is 13.5 Å². The van der Waals surface area contributed by atoms with Gasteiger partial charge >= 0.3 is 0 Å². The van der Waals surface area contributed by atoms with Gasteiger partial charge in [0.15, 0.2) is 0 Å². The Morgan fingerprint density at radius 3 is 2.75 bits per heavy atom. The molecule has 0 fully saturated rings. The molecule has 0 aliphatic carbocycles. The van der Waals surface area contributed by atoms with Crippen molar-refractivity contribution in [3.8, 4) is 5.75 Å². The number of aromatic carboxylic acids is 1. The second kappa shape index (κ2) is 6.62. The first-order valence-corrected chi connectivity index (χ1v) is 7.73. The van der Waals surface area contributed by atoms with Crippen LogP contribution in [0.5, 0.6) is 5.75 Å². The van der Waals surface area contributed by atoms with Gasteiger partial charge in [0.25, 0.3) is 0 Å². The van der Waals surface area contributed by atoms with Gasteiger partial charge in [-0.15, -0.1) is 0 Å². The van der Waals surface area contributed by atoms with Crippen LogP contribution in [0.2, 0.25) is 0 Å². The fourth-order valence-electron chi connectivity index (χ4n) is 2.83. The quantitative estimate of drug-likeness (QED) is 0.656. The van der Waals surface area contributed by atoms with Crippen LogP contribution in [0.1, 0.15) is 21.6 Å². The number of rotatable bonds is 6. The van der Waals surface area contributed by atoms with Gasteiger partial charge < -0.3 is 19.2 Å². The second-order valence-electron chi connectivity index (χ2n) is 5.62. The minimum atomic E-state index is -1.20. The molecule has 2 aromatic carbocycles. The summed E-state index contributed by atoms with van der Waals surface area (Å²) in [6.45, 7) is 6.48. The Morgan fingerprint density at radius 2 is 2.04 bits per heavy atom. The minimum Gasteiger partial charge on any atom is -0.543 e. The van der Waals surface area contributed by atoms with E-state index >= 15 is 0 Å². The first-order valence-electron chi connectivity index (χ1n) is 7.73. The maximum atomic E-state index is 11.6. The third kappa shape index (κ3) is 2.91. The van der Waals surface area contributed by atoms with E-state index in [9.17, 15) is 9.90 Å². The van der Waals surface area contributed by atoms with Gasteiger partial charge in [0.05, 0.1) is 17.2 Å². The number of fused-ring (bicyclic) bond motifs is 1. The van der Waals surface area contributed by atoms with E-state index in [0.29, 0.717) is 18.9 Å². The van der Waals surface area contributed by atoms with Crippen molar-refractivity contribution in [1.82, 2.24) is 4.57 Å². The standard InChI is InChI=1S/C20H19NO3/c1-3-11-24-19-10-6-9-17-16(19)12-18(20(22)23)21(17)13-15-8-5-4-7-14(15)2/h3-10,12H,1,11,13H2,2H3,(H,22,23)/p-1. The van der Waals surface area contributed by atoms with Crippen molar-refractivity contribution in [3.05, 3.63) is 78.0 Å². The topological polar surface area (TPSA) is 54.3 Å². The van der Waals surface area contributed by atoms with Gasteiger partial charge in [-0.2, -0.15) is 0 Å². The molecule has 0 saturated carbocycles. The normalized spacial score (nSPS) is 10.7. The molecule has 0 unspecified atom stereocenters. The van der Waals surface area contributed by atoms with Gasteiger partial charge in [0, 0.05) is 11.9 Å². The lowest BCUT2D eigenvalue weighted by Gasteiger charge is -2.13. The zero-order valence-electron chi connectivity index (χ0n) is 13.5. The number of ether oxygens (including phenoxy) is 1. The molecule has 0 N–H and O–H groups in total. The van der Waals surface area contributed by atoms with Crippen molar-refractivity contribution in [2.75, 3.05) is 6.61 Å². The van der Waals surface area contributed by atoms with Gasteiger partial charge in [-0.1, -0.05) is 43.0 Å². The van der Waals surface area contributed by atoms with Crippen LogP contribution in [0.25, 0.3) is 10.9 Å². The largest absolute Gasteiger partial charge is 0.543 e. The average Bonchev–Trinajstić information content (AvgIpc) is 2.94. The molecular formula is C20H18NO3-. The molecule has 1 aromatic heterocycles. The van der Waals surface area contributed by atoms with Crippen LogP contribution < -0.4 is 9.84 Å². The van der Waals surface area contributed by atoms with Gasteiger partial charge in [0.1, 0.15) is 12.4 Å². The number of hydrogen-bond donors (Lipinski definition) is 0. The molecular weight excluding hydrogens is 302 g/mol. The van der Waals surface area contributed by atoms with Gasteiger partial charge in [-0.3, -0.25) is 0 Å². The van der Waals surface area contributed by atoms with Crippen LogP contribution in [0, 0.1) is 6.92 Å². The molecule has 4 nitrogen and oxygen atoms in total. The van der Waals surface area contributed by atoms with E-state index in [1.807, 2.05) is 49.4 Å². The van der Waals surface area contributed by atoms with E-state index in [2.05, 4.69) is 6.58 Å². The van der Waals surface area contributed by atoms with Crippen molar-refractivity contribution in [1.29, 1.82) is 0 Å². The number of carboxylic acid groups (broad SMARTS) is 1. The van der Waals surface area contributed by atoms with E-state index in [0.717, 1.165) is 22.0 Å². The average molecular weight is 320 g/mol. The number of aryl methyl sites for hydroxylation is 1.